The molecule has 0 aliphatic carbocycles. The van der Waals surface area contributed by atoms with Gasteiger partial charge in [0, 0.05) is 16.7 Å². The fourth-order valence-electron chi connectivity index (χ4n) is 1.16. The van der Waals surface area contributed by atoms with E-state index in [1.165, 1.54) is 4.90 Å². The molecule has 0 heterocycles. The second-order valence-electron chi connectivity index (χ2n) is 3.44. The zero-order chi connectivity index (χ0) is 10.6. The van der Waals surface area contributed by atoms with Gasteiger partial charge in [0.2, 0.25) is 0 Å². The van der Waals surface area contributed by atoms with Gasteiger partial charge >= 0.3 is 0 Å². The van der Waals surface area contributed by atoms with Gasteiger partial charge < -0.3 is 5.73 Å². The van der Waals surface area contributed by atoms with Crippen molar-refractivity contribution in [1.29, 1.82) is 0 Å². The van der Waals surface area contributed by atoms with Crippen LogP contribution < -0.4 is 5.73 Å². The first-order chi connectivity index (χ1) is 6.63. The van der Waals surface area contributed by atoms with Crippen molar-refractivity contribution in [3.63, 3.8) is 0 Å². The molecule has 0 radical (unpaired) electrons. The van der Waals surface area contributed by atoms with E-state index in [2.05, 4.69) is 13.8 Å². The van der Waals surface area contributed by atoms with E-state index in [9.17, 15) is 4.39 Å². The fraction of sp³-hybridized carbons (Fsp3) is 0.455. The maximum absolute atomic E-state index is 13.1. The summed E-state index contributed by atoms with van der Waals surface area (Å²) in [6, 6.07) is 7.51. The first-order valence-electron chi connectivity index (χ1n) is 4.74. The minimum atomic E-state index is -1.03. The van der Waals surface area contributed by atoms with E-state index < -0.39 is 6.17 Å². The van der Waals surface area contributed by atoms with Gasteiger partial charge in [0.05, 0.1) is 0 Å². The van der Waals surface area contributed by atoms with E-state index in [1.54, 1.807) is 11.8 Å². The smallest absolute Gasteiger partial charge is 0.137 e. The predicted molar refractivity (Wildman–Crippen MR) is 60.3 cm³/mol. The van der Waals surface area contributed by atoms with Crippen LogP contribution in [-0.4, -0.2) is 11.8 Å². The fourth-order valence-corrected chi connectivity index (χ4v) is 2.00. The molecule has 0 saturated carbocycles. The molecule has 0 aliphatic rings. The molecule has 1 unspecified atom stereocenters. The van der Waals surface area contributed by atoms with E-state index in [0.29, 0.717) is 10.8 Å². The van der Waals surface area contributed by atoms with Gasteiger partial charge in [-0.1, -0.05) is 26.0 Å². The molecule has 14 heavy (non-hydrogen) atoms. The van der Waals surface area contributed by atoms with Crippen LogP contribution in [0.25, 0.3) is 0 Å². The SMILES string of the molecule is CC(C)Sc1ccc(C(F)CN)cc1. The molecule has 3 heteroatoms. The maximum atomic E-state index is 13.1. The summed E-state index contributed by atoms with van der Waals surface area (Å²) in [5.41, 5.74) is 5.91. The highest BCUT2D eigenvalue weighted by Crippen LogP contribution is 2.25. The topological polar surface area (TPSA) is 26.0 Å². The summed E-state index contributed by atoms with van der Waals surface area (Å²) in [4.78, 5) is 1.17. The van der Waals surface area contributed by atoms with Crippen LogP contribution in [-0.2, 0) is 0 Å². The standard InChI is InChI=1S/C11H16FNS/c1-8(2)14-10-5-3-9(4-6-10)11(12)7-13/h3-6,8,11H,7,13H2,1-2H3. The lowest BCUT2D eigenvalue weighted by molar-refractivity contribution is 0.353. The number of rotatable bonds is 4. The van der Waals surface area contributed by atoms with Crippen LogP contribution in [0.15, 0.2) is 29.2 Å². The van der Waals surface area contributed by atoms with E-state index in [1.807, 2.05) is 24.3 Å². The Morgan fingerprint density at radius 2 is 1.86 bits per heavy atom. The highest BCUT2D eigenvalue weighted by molar-refractivity contribution is 7.99. The number of benzene rings is 1. The van der Waals surface area contributed by atoms with Crippen LogP contribution in [0, 0.1) is 0 Å². The Bertz CT molecular complexity index is 271. The molecule has 2 N–H and O–H groups in total. The first-order valence-corrected chi connectivity index (χ1v) is 5.62. The molecule has 0 bridgehead atoms. The normalized spacial score (nSPS) is 13.2. The number of alkyl halides is 1. The third-order valence-electron chi connectivity index (χ3n) is 1.82. The van der Waals surface area contributed by atoms with Crippen molar-refractivity contribution in [2.24, 2.45) is 5.73 Å². The lowest BCUT2D eigenvalue weighted by Crippen LogP contribution is -2.07. The Morgan fingerprint density at radius 1 is 1.29 bits per heavy atom. The summed E-state index contributed by atoms with van der Waals surface area (Å²) in [5, 5.41) is 0.552. The molecule has 0 amide bonds. The van der Waals surface area contributed by atoms with Gasteiger partial charge in [-0.2, -0.15) is 0 Å². The Kier molecular flexibility index (Phi) is 4.42. The molecule has 1 aromatic carbocycles. The molecule has 0 aromatic heterocycles. The Labute approximate surface area is 88.9 Å². The van der Waals surface area contributed by atoms with Crippen molar-refractivity contribution in [3.8, 4) is 0 Å². The molecule has 1 aromatic rings. The van der Waals surface area contributed by atoms with Crippen LogP contribution in [0.2, 0.25) is 0 Å². The van der Waals surface area contributed by atoms with Crippen LogP contribution in [0.4, 0.5) is 4.39 Å². The summed E-state index contributed by atoms with van der Waals surface area (Å²) < 4.78 is 13.1. The Balaban J connectivity index is 2.68. The molecule has 1 nitrogen and oxygen atoms in total. The minimum Gasteiger partial charge on any atom is -0.327 e. The average molecular weight is 213 g/mol. The summed E-state index contributed by atoms with van der Waals surface area (Å²) in [5.74, 6) is 0. The zero-order valence-electron chi connectivity index (χ0n) is 8.53. The molecule has 78 valence electrons. The van der Waals surface area contributed by atoms with Crippen LogP contribution >= 0.6 is 11.8 Å². The number of thioether (sulfide) groups is 1. The molecule has 1 rings (SSSR count). The molecular formula is C11H16FNS. The second kappa shape index (κ2) is 5.37. The number of nitrogens with two attached hydrogens (primary N) is 1. The van der Waals surface area contributed by atoms with Crippen molar-refractivity contribution in [2.45, 2.75) is 30.2 Å². The van der Waals surface area contributed by atoms with E-state index in [0.717, 1.165) is 0 Å². The Hall–Kier alpha value is -0.540. The summed E-state index contributed by atoms with van der Waals surface area (Å²) >= 11 is 1.77. The number of halogens is 1. The largest absolute Gasteiger partial charge is 0.327 e. The Morgan fingerprint density at radius 3 is 2.29 bits per heavy atom. The van der Waals surface area contributed by atoms with E-state index >= 15 is 0 Å². The van der Waals surface area contributed by atoms with Crippen molar-refractivity contribution in [3.05, 3.63) is 29.8 Å². The number of hydrogen-bond acceptors (Lipinski definition) is 2. The van der Waals surface area contributed by atoms with Gasteiger partial charge in [0.15, 0.2) is 0 Å². The maximum Gasteiger partial charge on any atom is 0.137 e. The van der Waals surface area contributed by atoms with E-state index in [4.69, 9.17) is 5.73 Å². The lowest BCUT2D eigenvalue weighted by Gasteiger charge is -2.08. The molecule has 0 spiro atoms. The first kappa shape index (κ1) is 11.5. The van der Waals surface area contributed by atoms with Crippen LogP contribution in [0.1, 0.15) is 25.6 Å². The van der Waals surface area contributed by atoms with Crippen LogP contribution in [0.5, 0.6) is 0 Å². The third-order valence-corrected chi connectivity index (χ3v) is 2.84. The highest BCUT2D eigenvalue weighted by atomic mass is 32.2. The monoisotopic (exact) mass is 213 g/mol. The quantitative estimate of drug-likeness (QED) is 0.777. The minimum absolute atomic E-state index is 0.0523. The number of hydrogen-bond donors (Lipinski definition) is 1. The summed E-state index contributed by atoms with van der Waals surface area (Å²) in [6.07, 6.45) is -1.03. The van der Waals surface area contributed by atoms with Gasteiger partial charge in [-0.05, 0) is 17.7 Å². The van der Waals surface area contributed by atoms with Crippen molar-refractivity contribution in [2.75, 3.05) is 6.54 Å². The van der Waals surface area contributed by atoms with E-state index in [-0.39, 0.29) is 6.54 Å². The van der Waals surface area contributed by atoms with Gasteiger partial charge in [0.1, 0.15) is 6.17 Å². The average Bonchev–Trinajstić information content (AvgIpc) is 2.17. The van der Waals surface area contributed by atoms with Gasteiger partial charge in [-0.3, -0.25) is 0 Å². The van der Waals surface area contributed by atoms with Crippen molar-refractivity contribution in [1.82, 2.24) is 0 Å². The summed E-state index contributed by atoms with van der Waals surface area (Å²) in [7, 11) is 0. The molecule has 0 aliphatic heterocycles. The molecular weight excluding hydrogens is 197 g/mol. The third kappa shape index (κ3) is 3.31. The molecule has 1 atom stereocenters. The van der Waals surface area contributed by atoms with Gasteiger partial charge in [-0.15, -0.1) is 11.8 Å². The predicted octanol–water partition coefficient (Wildman–Crippen LogP) is 3.16. The second-order valence-corrected chi connectivity index (χ2v) is 5.09. The summed E-state index contributed by atoms with van der Waals surface area (Å²) in [6.45, 7) is 4.32. The van der Waals surface area contributed by atoms with Gasteiger partial charge in [-0.25, -0.2) is 4.39 Å². The zero-order valence-corrected chi connectivity index (χ0v) is 9.35. The van der Waals surface area contributed by atoms with Crippen molar-refractivity contribution >= 4 is 11.8 Å². The lowest BCUT2D eigenvalue weighted by atomic mass is 10.1. The molecule has 0 fully saturated rings. The van der Waals surface area contributed by atoms with Gasteiger partial charge in [0.25, 0.3) is 0 Å². The highest BCUT2D eigenvalue weighted by Gasteiger charge is 2.06. The van der Waals surface area contributed by atoms with Crippen LogP contribution in [0.3, 0.4) is 0 Å². The van der Waals surface area contributed by atoms with Crippen molar-refractivity contribution < 1.29 is 4.39 Å². The molecule has 0 saturated heterocycles.